The maximum Gasteiger partial charge on any atom is 0.330 e. The lowest BCUT2D eigenvalue weighted by atomic mass is 10.0. The van der Waals surface area contributed by atoms with E-state index in [9.17, 15) is 9.59 Å². The van der Waals surface area contributed by atoms with Gasteiger partial charge in [-0.1, -0.05) is 111 Å². The van der Waals surface area contributed by atoms with Gasteiger partial charge in [-0.25, -0.2) is 9.59 Å². The second kappa shape index (κ2) is 31.0. The number of unbranched alkanes of at least 4 members (excludes halogenated alkanes) is 10. The number of esters is 1. The molecule has 184 valence electrons. The number of carbonyl (C=O) groups excluding carboxylic acids is 1. The summed E-state index contributed by atoms with van der Waals surface area (Å²) in [7, 11) is 0. The van der Waals surface area contributed by atoms with E-state index in [1.807, 2.05) is 0 Å². The van der Waals surface area contributed by atoms with Gasteiger partial charge in [-0.15, -0.1) is 0 Å². The van der Waals surface area contributed by atoms with Crippen LogP contribution in [-0.4, -0.2) is 29.4 Å². The Hall–Kier alpha value is -1.23. The summed E-state index contributed by atoms with van der Waals surface area (Å²) in [4.78, 5) is 20.0. The summed E-state index contributed by atoms with van der Waals surface area (Å²) in [6, 6.07) is 0. The van der Waals surface area contributed by atoms with Crippen molar-refractivity contribution in [1.29, 1.82) is 0 Å². The Morgan fingerprint density at radius 2 is 1.29 bits per heavy atom. The summed E-state index contributed by atoms with van der Waals surface area (Å²) >= 11 is 4.20. The van der Waals surface area contributed by atoms with Gasteiger partial charge in [0.25, 0.3) is 0 Å². The van der Waals surface area contributed by atoms with E-state index < -0.39 is 5.97 Å². The maximum absolute atomic E-state index is 10.8. The van der Waals surface area contributed by atoms with Crippen LogP contribution in [-0.2, 0) is 14.3 Å². The SMILES string of the molecule is C=CC(=O)O.C=CC(=O)OCC(CC)CCCC.CCCCCCCCCCCCS. The van der Waals surface area contributed by atoms with Crippen LogP contribution in [0, 0.1) is 5.92 Å². The van der Waals surface area contributed by atoms with Gasteiger partial charge in [0.05, 0.1) is 6.61 Å². The van der Waals surface area contributed by atoms with Crippen LogP contribution in [0.3, 0.4) is 0 Å². The third kappa shape index (κ3) is 36.5. The first-order valence-corrected chi connectivity index (χ1v) is 12.8. The van der Waals surface area contributed by atoms with Crippen LogP contribution in [0.15, 0.2) is 25.3 Å². The largest absolute Gasteiger partial charge is 0.478 e. The third-order valence-electron chi connectivity index (χ3n) is 4.86. The summed E-state index contributed by atoms with van der Waals surface area (Å²) in [6.07, 6.45) is 20.9. The summed E-state index contributed by atoms with van der Waals surface area (Å²) in [5.74, 6) is 0.292. The van der Waals surface area contributed by atoms with E-state index >= 15 is 0 Å². The molecule has 0 spiro atoms. The fourth-order valence-corrected chi connectivity index (χ4v) is 2.98. The number of carboxylic acids is 1. The third-order valence-corrected chi connectivity index (χ3v) is 5.17. The number of rotatable bonds is 18. The van der Waals surface area contributed by atoms with Crippen LogP contribution < -0.4 is 0 Å². The molecule has 0 aromatic carbocycles. The molecule has 0 aliphatic rings. The van der Waals surface area contributed by atoms with E-state index in [0.29, 0.717) is 12.5 Å². The fourth-order valence-electron chi connectivity index (χ4n) is 2.76. The van der Waals surface area contributed by atoms with Gasteiger partial charge in [0.1, 0.15) is 0 Å². The fraction of sp³-hybridized carbons (Fsp3) is 0.769. The molecule has 0 aromatic heterocycles. The molecule has 0 bridgehead atoms. The molecule has 0 radical (unpaired) electrons. The van der Waals surface area contributed by atoms with Gasteiger partial charge in [0.15, 0.2) is 0 Å². The lowest BCUT2D eigenvalue weighted by Crippen LogP contribution is -2.12. The van der Waals surface area contributed by atoms with Crippen molar-refractivity contribution in [1.82, 2.24) is 0 Å². The van der Waals surface area contributed by atoms with Crippen molar-refractivity contribution in [3.8, 4) is 0 Å². The molecule has 31 heavy (non-hydrogen) atoms. The molecule has 0 heterocycles. The first-order valence-electron chi connectivity index (χ1n) is 12.2. The number of thiol groups is 1. The highest BCUT2D eigenvalue weighted by atomic mass is 32.1. The minimum absolute atomic E-state index is 0.310. The quantitative estimate of drug-likeness (QED) is 0.0944. The number of hydrogen-bond acceptors (Lipinski definition) is 4. The predicted molar refractivity (Wildman–Crippen MR) is 138 cm³/mol. The predicted octanol–water partition coefficient (Wildman–Crippen LogP) is 8.03. The van der Waals surface area contributed by atoms with Crippen LogP contribution in [0.4, 0.5) is 0 Å². The van der Waals surface area contributed by atoms with E-state index in [0.717, 1.165) is 24.7 Å². The lowest BCUT2D eigenvalue weighted by molar-refractivity contribution is -0.139. The van der Waals surface area contributed by atoms with Gasteiger partial charge < -0.3 is 9.84 Å². The molecule has 0 amide bonds. The Balaban J connectivity index is -0.000000416. The van der Waals surface area contributed by atoms with Gasteiger partial charge in [-0.05, 0) is 24.5 Å². The molecule has 0 fully saturated rings. The van der Waals surface area contributed by atoms with E-state index in [-0.39, 0.29) is 5.97 Å². The standard InChI is InChI=1S/C12H26S.C11H20O2.C3H4O2/c1-2-3-4-5-6-7-8-9-10-11-12-13;1-4-7-8-10(5-2)9-13-11(12)6-3;1-2-3(4)5/h13H,2-12H2,1H3;6,10H,3-5,7-9H2,1-2H3;2H,1H2,(H,4,5). The van der Waals surface area contributed by atoms with E-state index in [1.54, 1.807) is 0 Å². The van der Waals surface area contributed by atoms with E-state index in [1.165, 1.54) is 83.1 Å². The smallest absolute Gasteiger partial charge is 0.330 e. The maximum atomic E-state index is 10.8. The topological polar surface area (TPSA) is 63.6 Å². The molecule has 0 aromatic rings. The highest BCUT2D eigenvalue weighted by molar-refractivity contribution is 7.80. The number of ether oxygens (including phenoxy) is 1. The van der Waals surface area contributed by atoms with Crippen LogP contribution in [0.1, 0.15) is 111 Å². The molecular formula is C26H50O4S. The molecule has 4 nitrogen and oxygen atoms in total. The van der Waals surface area contributed by atoms with Crippen molar-refractivity contribution in [3.63, 3.8) is 0 Å². The number of carbonyl (C=O) groups is 2. The zero-order valence-electron chi connectivity index (χ0n) is 20.6. The van der Waals surface area contributed by atoms with Crippen molar-refractivity contribution in [2.24, 2.45) is 5.92 Å². The number of carboxylic acid groups (broad SMARTS) is 1. The molecule has 0 aliphatic carbocycles. The van der Waals surface area contributed by atoms with Crippen molar-refractivity contribution < 1.29 is 19.4 Å². The van der Waals surface area contributed by atoms with Gasteiger partial charge in [-0.3, -0.25) is 0 Å². The van der Waals surface area contributed by atoms with Crippen LogP contribution in [0.5, 0.6) is 0 Å². The molecule has 5 heteroatoms. The Kier molecular flexibility index (Phi) is 34.3. The Bertz CT molecular complexity index is 400. The second-order valence-corrected chi connectivity index (χ2v) is 8.15. The zero-order chi connectivity index (χ0) is 24.2. The Labute approximate surface area is 198 Å². The number of hydrogen-bond donors (Lipinski definition) is 2. The van der Waals surface area contributed by atoms with E-state index in [2.05, 4.69) is 46.6 Å². The van der Waals surface area contributed by atoms with Crippen molar-refractivity contribution in [2.45, 2.75) is 111 Å². The second-order valence-electron chi connectivity index (χ2n) is 7.70. The molecule has 1 unspecified atom stereocenters. The normalized spacial score (nSPS) is 10.6. The average molecular weight is 459 g/mol. The lowest BCUT2D eigenvalue weighted by Gasteiger charge is -2.13. The van der Waals surface area contributed by atoms with Crippen LogP contribution in [0.25, 0.3) is 0 Å². The van der Waals surface area contributed by atoms with Crippen molar-refractivity contribution in [3.05, 3.63) is 25.3 Å². The monoisotopic (exact) mass is 458 g/mol. The summed E-state index contributed by atoms with van der Waals surface area (Å²) in [5, 5.41) is 7.60. The van der Waals surface area contributed by atoms with Gasteiger partial charge >= 0.3 is 11.9 Å². The van der Waals surface area contributed by atoms with Crippen LogP contribution in [0.2, 0.25) is 0 Å². The average Bonchev–Trinajstić information content (AvgIpc) is 2.78. The Morgan fingerprint density at radius 1 is 0.839 bits per heavy atom. The molecule has 1 N–H and O–H groups in total. The molecule has 1 atom stereocenters. The minimum Gasteiger partial charge on any atom is -0.478 e. The molecule has 0 saturated carbocycles. The summed E-state index contributed by atoms with van der Waals surface area (Å²) < 4.78 is 4.98. The first-order chi connectivity index (χ1) is 14.9. The van der Waals surface area contributed by atoms with Gasteiger partial charge in [-0.2, -0.15) is 12.6 Å². The molecular weight excluding hydrogens is 408 g/mol. The van der Waals surface area contributed by atoms with Crippen LogP contribution >= 0.6 is 12.6 Å². The zero-order valence-corrected chi connectivity index (χ0v) is 21.5. The van der Waals surface area contributed by atoms with Gasteiger partial charge in [0.2, 0.25) is 0 Å². The first kappa shape index (κ1) is 34.4. The van der Waals surface area contributed by atoms with E-state index in [4.69, 9.17) is 9.84 Å². The molecule has 0 saturated heterocycles. The number of aliphatic carboxylic acids is 1. The highest BCUT2D eigenvalue weighted by Crippen LogP contribution is 2.13. The minimum atomic E-state index is -0.981. The molecule has 0 aliphatic heterocycles. The summed E-state index contributed by atoms with van der Waals surface area (Å²) in [5.41, 5.74) is 0. The molecule has 0 rings (SSSR count). The summed E-state index contributed by atoms with van der Waals surface area (Å²) in [6.45, 7) is 13.4. The van der Waals surface area contributed by atoms with Crippen molar-refractivity contribution >= 4 is 24.6 Å². The van der Waals surface area contributed by atoms with Gasteiger partial charge in [0, 0.05) is 12.2 Å². The Morgan fingerprint density at radius 3 is 1.65 bits per heavy atom. The highest BCUT2D eigenvalue weighted by Gasteiger charge is 2.07. The van der Waals surface area contributed by atoms with Crippen molar-refractivity contribution in [2.75, 3.05) is 12.4 Å².